The summed E-state index contributed by atoms with van der Waals surface area (Å²) in [5, 5.41) is 11.0. The molecule has 0 spiro atoms. The van der Waals surface area contributed by atoms with Crippen LogP contribution >= 0.6 is 0 Å². The minimum atomic E-state index is -4.65. The van der Waals surface area contributed by atoms with Crippen LogP contribution in [0.1, 0.15) is 0 Å². The molecule has 7 nitrogen and oxygen atoms in total. The second-order valence-corrected chi connectivity index (χ2v) is 4.95. The van der Waals surface area contributed by atoms with Crippen LogP contribution in [0.2, 0.25) is 0 Å². The molecule has 10 heteroatoms. The number of halogens is 2. The summed E-state index contributed by atoms with van der Waals surface area (Å²) in [7, 11) is -4.65. The molecule has 94 valence electrons. The van der Waals surface area contributed by atoms with Crippen LogP contribution < -0.4 is 5.73 Å². The van der Waals surface area contributed by atoms with Crippen LogP contribution in [0.15, 0.2) is 5.16 Å². The highest BCUT2D eigenvalue weighted by Gasteiger charge is 2.37. The van der Waals surface area contributed by atoms with Gasteiger partial charge in [-0.1, -0.05) is 5.16 Å². The molecule has 1 aliphatic heterocycles. The zero-order chi connectivity index (χ0) is 12.3. The number of hydrogen-bond acceptors (Lipinski definition) is 5. The minimum Gasteiger partial charge on any atom is -0.409 e. The van der Waals surface area contributed by atoms with Crippen molar-refractivity contribution in [3.63, 3.8) is 0 Å². The van der Waals surface area contributed by atoms with Crippen LogP contribution in [0.25, 0.3) is 0 Å². The summed E-state index contributed by atoms with van der Waals surface area (Å²) in [4.78, 5) is 0. The molecule has 0 aromatic heterocycles. The molecule has 1 unspecified atom stereocenters. The fraction of sp³-hybridized carbons (Fsp3) is 0.833. The Kier molecular flexibility index (Phi) is 3.99. The van der Waals surface area contributed by atoms with Gasteiger partial charge >= 0.3 is 5.76 Å². The van der Waals surface area contributed by atoms with E-state index in [0.717, 1.165) is 0 Å². The topological polar surface area (TPSA) is 105 Å². The predicted octanol–water partition coefficient (Wildman–Crippen LogP) is -1.01. The smallest absolute Gasteiger partial charge is 0.350 e. The summed E-state index contributed by atoms with van der Waals surface area (Å²) in [6, 6.07) is 0. The number of nitrogens with two attached hydrogens (primary N) is 1. The third kappa shape index (κ3) is 2.57. The number of amidine groups is 1. The Hall–Kier alpha value is -1.00. The molecular formula is C6H11F2N3O4S. The quantitative estimate of drug-likeness (QED) is 0.292. The van der Waals surface area contributed by atoms with Crippen LogP contribution in [0.3, 0.4) is 0 Å². The summed E-state index contributed by atoms with van der Waals surface area (Å²) < 4.78 is 52.2. The standard InChI is InChI=1S/C6H11F2N3O4S/c7-6(8)16(13,14)11-1-2-15-4(3-11)5(9)10-12/h4,6,12H,1-3H2,(H2,9,10). The predicted molar refractivity (Wildman–Crippen MR) is 49.6 cm³/mol. The molecule has 0 aliphatic carbocycles. The van der Waals surface area contributed by atoms with E-state index in [0.29, 0.717) is 4.31 Å². The maximum absolute atomic E-state index is 12.2. The average Bonchev–Trinajstić information content (AvgIpc) is 2.28. The van der Waals surface area contributed by atoms with Crippen molar-refractivity contribution in [3.8, 4) is 0 Å². The third-order valence-electron chi connectivity index (χ3n) is 2.06. The molecular weight excluding hydrogens is 248 g/mol. The first-order chi connectivity index (χ1) is 7.39. The first kappa shape index (κ1) is 13.1. The highest BCUT2D eigenvalue weighted by molar-refractivity contribution is 7.89. The molecule has 0 bridgehead atoms. The van der Waals surface area contributed by atoms with Gasteiger partial charge < -0.3 is 15.7 Å². The van der Waals surface area contributed by atoms with Crippen LogP contribution in [-0.4, -0.2) is 55.3 Å². The molecule has 0 saturated carbocycles. The number of alkyl halides is 2. The van der Waals surface area contributed by atoms with Gasteiger partial charge in [-0.15, -0.1) is 0 Å². The molecule has 1 rings (SSSR count). The molecule has 16 heavy (non-hydrogen) atoms. The zero-order valence-corrected chi connectivity index (χ0v) is 8.90. The first-order valence-electron chi connectivity index (χ1n) is 4.25. The molecule has 0 amide bonds. The Morgan fingerprint density at radius 2 is 2.25 bits per heavy atom. The van der Waals surface area contributed by atoms with Crippen molar-refractivity contribution in [2.75, 3.05) is 19.7 Å². The number of ether oxygens (including phenoxy) is 1. The fourth-order valence-electron chi connectivity index (χ4n) is 1.21. The lowest BCUT2D eigenvalue weighted by molar-refractivity contribution is 0.0329. The maximum Gasteiger partial charge on any atom is 0.350 e. The van der Waals surface area contributed by atoms with E-state index in [4.69, 9.17) is 15.7 Å². The fourth-order valence-corrected chi connectivity index (χ4v) is 2.11. The van der Waals surface area contributed by atoms with Gasteiger partial charge in [0.2, 0.25) is 0 Å². The summed E-state index contributed by atoms with van der Waals surface area (Å²) >= 11 is 0. The molecule has 1 heterocycles. The number of morpholine rings is 1. The average molecular weight is 259 g/mol. The van der Waals surface area contributed by atoms with E-state index in [-0.39, 0.29) is 25.5 Å². The normalized spacial score (nSPS) is 24.9. The summed E-state index contributed by atoms with van der Waals surface area (Å²) in [6.07, 6.45) is -1.01. The van der Waals surface area contributed by atoms with Crippen molar-refractivity contribution < 1.29 is 27.1 Å². The van der Waals surface area contributed by atoms with Crippen LogP contribution in [0.4, 0.5) is 8.78 Å². The molecule has 1 atom stereocenters. The van der Waals surface area contributed by atoms with Gasteiger partial charge in [-0.05, 0) is 0 Å². The number of hydrogen-bond donors (Lipinski definition) is 2. The second-order valence-electron chi connectivity index (χ2n) is 3.05. The van der Waals surface area contributed by atoms with Gasteiger partial charge in [-0.25, -0.2) is 8.42 Å². The summed E-state index contributed by atoms with van der Waals surface area (Å²) in [5.41, 5.74) is 5.20. The van der Waals surface area contributed by atoms with E-state index in [1.807, 2.05) is 0 Å². The Morgan fingerprint density at radius 1 is 1.62 bits per heavy atom. The number of rotatable bonds is 3. The first-order valence-corrected chi connectivity index (χ1v) is 5.76. The molecule has 3 N–H and O–H groups in total. The molecule has 1 aliphatic rings. The van der Waals surface area contributed by atoms with Crippen molar-refractivity contribution in [3.05, 3.63) is 0 Å². The van der Waals surface area contributed by atoms with Gasteiger partial charge in [0.25, 0.3) is 10.0 Å². The molecule has 1 fully saturated rings. The maximum atomic E-state index is 12.2. The monoisotopic (exact) mass is 259 g/mol. The van der Waals surface area contributed by atoms with Gasteiger partial charge in [-0.2, -0.15) is 13.1 Å². The van der Waals surface area contributed by atoms with Crippen LogP contribution in [0.5, 0.6) is 0 Å². The molecule has 1 saturated heterocycles. The Bertz CT molecular complexity index is 372. The summed E-state index contributed by atoms with van der Waals surface area (Å²) in [6.45, 7) is -0.655. The highest BCUT2D eigenvalue weighted by atomic mass is 32.2. The molecule has 0 radical (unpaired) electrons. The Balaban J connectivity index is 2.79. The van der Waals surface area contributed by atoms with E-state index in [9.17, 15) is 17.2 Å². The lowest BCUT2D eigenvalue weighted by Gasteiger charge is -2.30. The lowest BCUT2D eigenvalue weighted by atomic mass is 10.3. The number of sulfonamides is 1. The van der Waals surface area contributed by atoms with Gasteiger partial charge in [0, 0.05) is 13.1 Å². The van der Waals surface area contributed by atoms with E-state index in [1.54, 1.807) is 0 Å². The highest BCUT2D eigenvalue weighted by Crippen LogP contribution is 2.16. The number of nitrogens with zero attached hydrogens (tertiary/aromatic N) is 2. The van der Waals surface area contributed by atoms with Gasteiger partial charge in [0.1, 0.15) is 6.10 Å². The largest absolute Gasteiger partial charge is 0.409 e. The zero-order valence-electron chi connectivity index (χ0n) is 8.08. The van der Waals surface area contributed by atoms with Gasteiger partial charge in [-0.3, -0.25) is 0 Å². The van der Waals surface area contributed by atoms with Gasteiger partial charge in [0.15, 0.2) is 5.84 Å². The van der Waals surface area contributed by atoms with E-state index < -0.39 is 21.9 Å². The summed E-state index contributed by atoms with van der Waals surface area (Å²) in [5.74, 6) is -3.84. The van der Waals surface area contributed by atoms with Crippen molar-refractivity contribution in [1.82, 2.24) is 4.31 Å². The van der Waals surface area contributed by atoms with Crippen molar-refractivity contribution in [2.24, 2.45) is 10.9 Å². The Labute approximate surface area is 90.5 Å². The van der Waals surface area contributed by atoms with Crippen LogP contribution in [0, 0.1) is 0 Å². The van der Waals surface area contributed by atoms with E-state index >= 15 is 0 Å². The lowest BCUT2D eigenvalue weighted by Crippen LogP contribution is -2.51. The van der Waals surface area contributed by atoms with Crippen molar-refractivity contribution >= 4 is 15.9 Å². The van der Waals surface area contributed by atoms with E-state index in [2.05, 4.69) is 5.16 Å². The van der Waals surface area contributed by atoms with Crippen molar-refractivity contribution in [2.45, 2.75) is 11.9 Å². The minimum absolute atomic E-state index is 0.0904. The second kappa shape index (κ2) is 4.89. The van der Waals surface area contributed by atoms with E-state index in [1.165, 1.54) is 0 Å². The third-order valence-corrected chi connectivity index (χ3v) is 3.56. The van der Waals surface area contributed by atoms with Gasteiger partial charge in [0.05, 0.1) is 6.61 Å². The Morgan fingerprint density at radius 3 is 2.75 bits per heavy atom. The molecule has 0 aromatic carbocycles. The SMILES string of the molecule is NC(=NO)C1CN(S(=O)(=O)C(F)F)CCO1. The van der Waals surface area contributed by atoms with Crippen molar-refractivity contribution in [1.29, 1.82) is 0 Å². The van der Waals surface area contributed by atoms with Crippen LogP contribution in [-0.2, 0) is 14.8 Å². The molecule has 0 aromatic rings. The number of oxime groups is 1.